The molecule has 0 radical (unpaired) electrons. The second kappa shape index (κ2) is 24.1. The van der Waals surface area contributed by atoms with Gasteiger partial charge in [-0.3, -0.25) is 29.1 Å². The van der Waals surface area contributed by atoms with Gasteiger partial charge in [0.25, 0.3) is 0 Å². The topological polar surface area (TPSA) is 241 Å². The molecule has 0 aliphatic carbocycles. The zero-order valence-corrected chi connectivity index (χ0v) is 46.4. The molecule has 10 rings (SSSR count). The van der Waals surface area contributed by atoms with Crippen molar-refractivity contribution in [3.8, 4) is 35.4 Å². The Kier molecular flexibility index (Phi) is 16.9. The van der Waals surface area contributed by atoms with Gasteiger partial charge in [0.15, 0.2) is 5.82 Å². The number of nitrogens with two attached hydrogens (primary N) is 1. The average molecular weight is 1110 g/mol. The highest BCUT2D eigenvalue weighted by Gasteiger charge is 2.45. The highest BCUT2D eigenvalue weighted by Crippen LogP contribution is 2.40. The second-order valence-electron chi connectivity index (χ2n) is 23.4. The third-order valence-corrected chi connectivity index (χ3v) is 16.7. The van der Waals surface area contributed by atoms with Crippen LogP contribution in [0.15, 0.2) is 54.7 Å². The monoisotopic (exact) mass is 1110 g/mol. The third-order valence-electron chi connectivity index (χ3n) is 16.7. The van der Waals surface area contributed by atoms with Gasteiger partial charge < -0.3 is 56.1 Å². The molecular formula is C60H73F2N11O8. The predicted octanol–water partition coefficient (Wildman–Crippen LogP) is 5.21. The minimum Gasteiger partial charge on any atom is -0.508 e. The Labute approximate surface area is 470 Å². The van der Waals surface area contributed by atoms with E-state index >= 15 is 8.78 Å². The Morgan fingerprint density at radius 3 is 2.43 bits per heavy atom. The van der Waals surface area contributed by atoms with Crippen molar-refractivity contribution in [3.63, 3.8) is 0 Å². The van der Waals surface area contributed by atoms with Crippen LogP contribution in [0.25, 0.3) is 32.9 Å². The summed E-state index contributed by atoms with van der Waals surface area (Å²) >= 11 is 0. The molecule has 19 nitrogen and oxygen atoms in total. The molecule has 2 unspecified atom stereocenters. The van der Waals surface area contributed by atoms with E-state index in [1.54, 1.807) is 0 Å². The summed E-state index contributed by atoms with van der Waals surface area (Å²) in [6.07, 6.45) is 12.5. The zero-order chi connectivity index (χ0) is 57.3. The molecule has 21 heteroatoms. The number of aliphatic hydroxyl groups excluding tert-OH is 1. The first-order valence-corrected chi connectivity index (χ1v) is 28.3. The first kappa shape index (κ1) is 57.0. The molecule has 7 N–H and O–H groups in total. The van der Waals surface area contributed by atoms with Crippen molar-refractivity contribution in [2.24, 2.45) is 11.1 Å². The summed E-state index contributed by atoms with van der Waals surface area (Å²) in [5, 5.41) is 32.1. The summed E-state index contributed by atoms with van der Waals surface area (Å²) in [7, 11) is 0. The van der Waals surface area contributed by atoms with Gasteiger partial charge in [0.1, 0.15) is 53.3 Å². The first-order chi connectivity index (χ1) is 38.8. The fraction of sp³-hybridized carbons (Fsp3) is 0.517. The second-order valence-corrected chi connectivity index (χ2v) is 23.4. The van der Waals surface area contributed by atoms with Crippen molar-refractivity contribution in [2.45, 2.75) is 134 Å². The van der Waals surface area contributed by atoms with Crippen molar-refractivity contribution >= 4 is 56.8 Å². The summed E-state index contributed by atoms with van der Waals surface area (Å²) < 4.78 is 44.5. The number of amides is 4. The van der Waals surface area contributed by atoms with Crippen LogP contribution < -0.4 is 36.2 Å². The van der Waals surface area contributed by atoms with Crippen LogP contribution in [0.1, 0.15) is 103 Å². The summed E-state index contributed by atoms with van der Waals surface area (Å²) in [6.45, 7) is 11.6. The molecule has 430 valence electrons. The van der Waals surface area contributed by atoms with Crippen LogP contribution in [0.3, 0.4) is 0 Å². The number of aromatic nitrogens is 3. The Morgan fingerprint density at radius 2 is 1.70 bits per heavy atom. The number of likely N-dealkylation sites (tertiary alicyclic amines) is 2. The van der Waals surface area contributed by atoms with E-state index in [2.05, 4.69) is 41.6 Å². The van der Waals surface area contributed by atoms with Crippen molar-refractivity contribution < 1.29 is 47.6 Å². The van der Waals surface area contributed by atoms with Crippen LogP contribution in [0.2, 0.25) is 0 Å². The molecular weight excluding hydrogens is 1040 g/mol. The van der Waals surface area contributed by atoms with E-state index < -0.39 is 53.1 Å². The molecule has 2 aromatic heterocycles. The number of primary amides is 1. The highest BCUT2D eigenvalue weighted by atomic mass is 19.1. The number of piperazine rings is 1. The van der Waals surface area contributed by atoms with Crippen molar-refractivity contribution in [1.82, 2.24) is 40.7 Å². The summed E-state index contributed by atoms with van der Waals surface area (Å²) in [5.74, 6) is -0.336. The molecule has 5 aliphatic heterocycles. The van der Waals surface area contributed by atoms with Crippen LogP contribution >= 0.6 is 0 Å². The molecule has 7 heterocycles. The number of carbonyl (C=O) groups is 4. The Hall–Kier alpha value is -7.25. The average Bonchev–Trinajstić information content (AvgIpc) is 4.13. The van der Waals surface area contributed by atoms with Crippen LogP contribution in [0.4, 0.5) is 20.3 Å². The number of nitrogens with zero attached hydrogens (tertiary/aromatic N) is 7. The lowest BCUT2D eigenvalue weighted by Crippen LogP contribution is -2.58. The maximum absolute atomic E-state index is 17.1. The quantitative estimate of drug-likeness (QED) is 0.0459. The Morgan fingerprint density at radius 1 is 0.951 bits per heavy atom. The van der Waals surface area contributed by atoms with Gasteiger partial charge in [-0.05, 0) is 105 Å². The van der Waals surface area contributed by atoms with E-state index in [0.717, 1.165) is 56.4 Å². The van der Waals surface area contributed by atoms with Gasteiger partial charge in [0.05, 0.1) is 29.7 Å². The number of nitrogens with one attached hydrogen (secondary N) is 3. The fourth-order valence-electron chi connectivity index (χ4n) is 12.5. The number of terminal acetylenes is 1. The molecule has 0 spiro atoms. The molecule has 3 aromatic carbocycles. The number of rotatable bonds is 19. The SMILES string of the molecule is C#Cc1c(F)ccc2cc(O)cc(-c3ncc4c(N5CC6CCC(C5)N6)nc(OC[C@@H]5CCCN5CCCOCCC(=O)N[C@H](C(=O)N5C[C@H](O)C[C@H]5C(=O)N[C@@H](C)c5ccc(N6CCC[C@H]6C(N)=O)cc5)C(C)(C)C)nc4c3F)c12. The number of hydrogen-bond donors (Lipinski definition) is 6. The fourth-order valence-corrected chi connectivity index (χ4v) is 12.5. The number of β-amino-alcohol motifs (C(OH)–C–C–N with tert-alkyl or cyclic N) is 1. The number of aliphatic hydroxyl groups is 1. The number of hydrogen-bond acceptors (Lipinski definition) is 15. The van der Waals surface area contributed by atoms with Gasteiger partial charge in [0, 0.05) is 93.1 Å². The lowest BCUT2D eigenvalue weighted by molar-refractivity contribution is -0.144. The molecule has 8 atom stereocenters. The molecule has 4 amide bonds. The summed E-state index contributed by atoms with van der Waals surface area (Å²) in [6, 6.07) is 10.8. The number of fused-ring (bicyclic) bond motifs is 4. The van der Waals surface area contributed by atoms with Gasteiger partial charge >= 0.3 is 6.01 Å². The molecule has 2 bridgehead atoms. The molecule has 5 fully saturated rings. The Bertz CT molecular complexity index is 3220. The highest BCUT2D eigenvalue weighted by molar-refractivity contribution is 6.03. The number of anilines is 2. The number of carbonyl (C=O) groups excluding carboxylic acids is 4. The van der Waals surface area contributed by atoms with Crippen molar-refractivity contribution in [3.05, 3.63) is 77.5 Å². The molecule has 5 aliphatic rings. The van der Waals surface area contributed by atoms with E-state index in [0.29, 0.717) is 55.7 Å². The lowest BCUT2D eigenvalue weighted by Gasteiger charge is -2.35. The number of phenols is 1. The van der Waals surface area contributed by atoms with E-state index in [1.807, 2.05) is 56.9 Å². The predicted molar refractivity (Wildman–Crippen MR) is 302 cm³/mol. The van der Waals surface area contributed by atoms with Gasteiger partial charge in [0.2, 0.25) is 23.6 Å². The molecule has 81 heavy (non-hydrogen) atoms. The van der Waals surface area contributed by atoms with Gasteiger partial charge in [-0.15, -0.1) is 6.42 Å². The number of halogens is 2. The van der Waals surface area contributed by atoms with Crippen LogP contribution in [-0.2, 0) is 23.9 Å². The standard InChI is InChI=1S/C60H73F2N11O8/c1-6-43-46(61)19-14-36-26-41(74)27-44(50(36)43)52-51(62)53-45(29-64-52)56(71-30-37-15-16-38(31-71)66-37)69-59(68-53)81-33-40-10-7-21-70(40)22-9-24-80-25-20-49(76)67-54(60(3,4)5)58(79)73-32-42(75)28-48(73)57(78)65-34(2)35-12-17-39(18-13-35)72-23-8-11-47(72)55(63)77/h1,12-14,17-19,26-27,29,34,37-38,40,42,47-48,54,66,74-75H,7-11,15-16,20-25,28,30-33H2,2-5H3,(H2,63,77)(H,65,78)(H,67,76)/t34-,37?,38?,40-,42+,47-,48-,54+/m0/s1. The van der Waals surface area contributed by atoms with Crippen LogP contribution in [-0.4, -0.2) is 160 Å². The summed E-state index contributed by atoms with van der Waals surface area (Å²) in [4.78, 5) is 75.4. The third kappa shape index (κ3) is 12.3. The first-order valence-electron chi connectivity index (χ1n) is 28.3. The maximum atomic E-state index is 17.1. The van der Waals surface area contributed by atoms with Gasteiger partial charge in [-0.25, -0.2) is 8.78 Å². The van der Waals surface area contributed by atoms with Gasteiger partial charge in [-0.2, -0.15) is 9.97 Å². The number of pyridine rings is 1. The van der Waals surface area contributed by atoms with E-state index in [4.69, 9.17) is 26.6 Å². The van der Waals surface area contributed by atoms with Crippen LogP contribution in [0.5, 0.6) is 11.8 Å². The largest absolute Gasteiger partial charge is 0.508 e. The lowest BCUT2D eigenvalue weighted by atomic mass is 9.85. The smallest absolute Gasteiger partial charge is 0.319 e. The van der Waals surface area contributed by atoms with Gasteiger partial charge in [-0.1, -0.05) is 44.9 Å². The minimum absolute atomic E-state index is 0.000112. The Balaban J connectivity index is 0.728. The van der Waals surface area contributed by atoms with Crippen LogP contribution in [0, 0.1) is 29.4 Å². The zero-order valence-electron chi connectivity index (χ0n) is 46.4. The summed E-state index contributed by atoms with van der Waals surface area (Å²) in [5.41, 5.74) is 6.46. The van der Waals surface area contributed by atoms with Crippen molar-refractivity contribution in [1.29, 1.82) is 0 Å². The van der Waals surface area contributed by atoms with E-state index in [9.17, 15) is 29.4 Å². The minimum atomic E-state index is -0.989. The number of ether oxygens (including phenoxy) is 2. The molecule has 5 saturated heterocycles. The van der Waals surface area contributed by atoms with E-state index in [1.165, 1.54) is 35.4 Å². The number of aromatic hydroxyl groups is 1. The van der Waals surface area contributed by atoms with E-state index in [-0.39, 0.29) is 108 Å². The number of benzene rings is 3. The van der Waals surface area contributed by atoms with Crippen molar-refractivity contribution in [2.75, 3.05) is 68.9 Å². The maximum Gasteiger partial charge on any atom is 0.319 e. The molecule has 5 aromatic rings. The molecule has 0 saturated carbocycles. The number of phenolic OH excluding ortho intramolecular Hbond substituents is 1. The normalized spacial score (nSPS) is 22.8.